The largest absolute Gasteiger partial charge is 0.342 e. The van der Waals surface area contributed by atoms with Crippen LogP contribution >= 0.6 is 11.8 Å². The number of anilines is 1. The molecule has 0 radical (unpaired) electrons. The highest BCUT2D eigenvalue weighted by atomic mass is 32.2. The summed E-state index contributed by atoms with van der Waals surface area (Å²) in [6.07, 6.45) is 3.43. The summed E-state index contributed by atoms with van der Waals surface area (Å²) in [4.78, 5) is 25.8. The van der Waals surface area contributed by atoms with Crippen LogP contribution in [0.5, 0.6) is 0 Å². The van der Waals surface area contributed by atoms with Crippen LogP contribution in [0.2, 0.25) is 0 Å². The molecule has 0 bridgehead atoms. The first-order valence-electron chi connectivity index (χ1n) is 6.83. The van der Waals surface area contributed by atoms with Gasteiger partial charge in [0.2, 0.25) is 11.8 Å². The van der Waals surface area contributed by atoms with E-state index in [4.69, 9.17) is 0 Å². The Labute approximate surface area is 123 Å². The minimum atomic E-state index is 0.00790. The Morgan fingerprint density at radius 2 is 1.90 bits per heavy atom. The topological polar surface area (TPSA) is 49.4 Å². The van der Waals surface area contributed by atoms with Crippen LogP contribution < -0.4 is 5.32 Å². The van der Waals surface area contributed by atoms with Crippen molar-refractivity contribution in [2.24, 2.45) is 5.92 Å². The molecular weight excluding hydrogens is 272 g/mol. The molecule has 0 spiro atoms. The smallest absolute Gasteiger partial charge is 0.232 e. The number of nitrogens with one attached hydrogen (secondary N) is 1. The number of piperidine rings is 1. The van der Waals surface area contributed by atoms with Crippen molar-refractivity contribution in [2.75, 3.05) is 30.4 Å². The first kappa shape index (κ1) is 14.9. The van der Waals surface area contributed by atoms with Crippen LogP contribution in [0, 0.1) is 5.92 Å². The highest BCUT2D eigenvalue weighted by Crippen LogP contribution is 2.20. The second-order valence-corrected chi connectivity index (χ2v) is 5.81. The summed E-state index contributed by atoms with van der Waals surface area (Å²) < 4.78 is 0. The lowest BCUT2D eigenvalue weighted by Crippen LogP contribution is -2.42. The number of likely N-dealkylation sites (tertiary alicyclic amines) is 1. The van der Waals surface area contributed by atoms with Crippen molar-refractivity contribution < 1.29 is 9.59 Å². The molecule has 0 aliphatic carbocycles. The van der Waals surface area contributed by atoms with Gasteiger partial charge in [-0.3, -0.25) is 9.59 Å². The molecule has 1 aromatic carbocycles. The van der Waals surface area contributed by atoms with Crippen LogP contribution in [0.1, 0.15) is 12.8 Å². The van der Waals surface area contributed by atoms with Gasteiger partial charge in [-0.2, -0.15) is 11.8 Å². The van der Waals surface area contributed by atoms with Crippen molar-refractivity contribution >= 4 is 29.3 Å². The maximum absolute atomic E-state index is 12.2. The Balaban J connectivity index is 1.81. The summed E-state index contributed by atoms with van der Waals surface area (Å²) in [6, 6.07) is 9.49. The number of amides is 2. The molecule has 0 atom stereocenters. The summed E-state index contributed by atoms with van der Waals surface area (Å²) >= 11 is 1.54. The zero-order valence-corrected chi connectivity index (χ0v) is 12.5. The molecule has 108 valence electrons. The lowest BCUT2D eigenvalue weighted by molar-refractivity contribution is -0.132. The second-order valence-electron chi connectivity index (χ2n) is 4.94. The molecule has 2 rings (SSSR count). The molecule has 1 N–H and O–H groups in total. The van der Waals surface area contributed by atoms with Crippen molar-refractivity contribution in [3.63, 3.8) is 0 Å². The van der Waals surface area contributed by atoms with Crippen LogP contribution in [-0.4, -0.2) is 41.8 Å². The molecule has 0 unspecified atom stereocenters. The van der Waals surface area contributed by atoms with Crippen LogP contribution in [0.3, 0.4) is 0 Å². The number of nitrogens with zero attached hydrogens (tertiary/aromatic N) is 1. The SMILES string of the molecule is CSCC(=O)N1CCC(C(=O)Nc2ccccc2)CC1. The second kappa shape index (κ2) is 7.33. The zero-order valence-electron chi connectivity index (χ0n) is 11.7. The molecule has 0 aromatic heterocycles. The number of para-hydroxylation sites is 1. The molecular formula is C15H20N2O2S. The quantitative estimate of drug-likeness (QED) is 0.926. The van der Waals surface area contributed by atoms with Gasteiger partial charge >= 0.3 is 0 Å². The van der Waals surface area contributed by atoms with Crippen molar-refractivity contribution in [1.82, 2.24) is 4.90 Å². The normalized spacial score (nSPS) is 15.9. The van der Waals surface area contributed by atoms with Gasteiger partial charge in [-0.15, -0.1) is 0 Å². The van der Waals surface area contributed by atoms with E-state index in [-0.39, 0.29) is 17.7 Å². The fraction of sp³-hybridized carbons (Fsp3) is 0.467. The third-order valence-electron chi connectivity index (χ3n) is 3.53. The van der Waals surface area contributed by atoms with Crippen molar-refractivity contribution in [1.29, 1.82) is 0 Å². The van der Waals surface area contributed by atoms with E-state index in [0.717, 1.165) is 18.5 Å². The molecule has 1 heterocycles. The van der Waals surface area contributed by atoms with Gasteiger partial charge in [0.1, 0.15) is 0 Å². The number of carbonyl (C=O) groups excluding carboxylic acids is 2. The van der Waals surface area contributed by atoms with E-state index in [1.165, 1.54) is 0 Å². The van der Waals surface area contributed by atoms with E-state index in [9.17, 15) is 9.59 Å². The van der Waals surface area contributed by atoms with Gasteiger partial charge in [0.05, 0.1) is 5.75 Å². The van der Waals surface area contributed by atoms with E-state index in [1.807, 2.05) is 41.5 Å². The predicted octanol–water partition coefficient (Wildman–Crippen LogP) is 2.23. The van der Waals surface area contributed by atoms with Crippen molar-refractivity contribution in [2.45, 2.75) is 12.8 Å². The van der Waals surface area contributed by atoms with E-state index < -0.39 is 0 Å². The standard InChI is InChI=1S/C15H20N2O2S/c1-20-11-14(18)17-9-7-12(8-10-17)15(19)16-13-5-3-2-4-6-13/h2-6,12H,7-11H2,1H3,(H,16,19). The summed E-state index contributed by atoms with van der Waals surface area (Å²) in [5.41, 5.74) is 0.832. The summed E-state index contributed by atoms with van der Waals surface area (Å²) in [6.45, 7) is 1.37. The van der Waals surface area contributed by atoms with E-state index in [2.05, 4.69) is 5.32 Å². The average molecular weight is 292 g/mol. The van der Waals surface area contributed by atoms with Gasteiger partial charge in [-0.1, -0.05) is 18.2 Å². The van der Waals surface area contributed by atoms with Crippen LogP contribution in [-0.2, 0) is 9.59 Å². The average Bonchev–Trinajstić information content (AvgIpc) is 2.48. The van der Waals surface area contributed by atoms with Crippen molar-refractivity contribution in [3.05, 3.63) is 30.3 Å². The molecule has 0 saturated carbocycles. The number of rotatable bonds is 4. The van der Waals surface area contributed by atoms with Gasteiger partial charge in [0, 0.05) is 24.7 Å². The maximum Gasteiger partial charge on any atom is 0.232 e. The van der Waals surface area contributed by atoms with Crippen LogP contribution in [0.15, 0.2) is 30.3 Å². The minimum absolute atomic E-state index is 0.00790. The third-order valence-corrected chi connectivity index (χ3v) is 4.06. The lowest BCUT2D eigenvalue weighted by Gasteiger charge is -2.31. The van der Waals surface area contributed by atoms with Gasteiger partial charge in [-0.25, -0.2) is 0 Å². The van der Waals surface area contributed by atoms with Gasteiger partial charge in [0.15, 0.2) is 0 Å². The molecule has 1 fully saturated rings. The van der Waals surface area contributed by atoms with Gasteiger partial charge in [0.25, 0.3) is 0 Å². The van der Waals surface area contributed by atoms with Gasteiger partial charge < -0.3 is 10.2 Å². The summed E-state index contributed by atoms with van der Waals surface area (Å²) in [5, 5.41) is 2.93. The fourth-order valence-electron chi connectivity index (χ4n) is 2.37. The molecule has 1 aromatic rings. The molecule has 1 aliphatic heterocycles. The first-order chi connectivity index (χ1) is 9.70. The van der Waals surface area contributed by atoms with Crippen LogP contribution in [0.25, 0.3) is 0 Å². The Morgan fingerprint density at radius 3 is 2.50 bits per heavy atom. The highest BCUT2D eigenvalue weighted by Gasteiger charge is 2.26. The Hall–Kier alpha value is -1.49. The van der Waals surface area contributed by atoms with E-state index >= 15 is 0 Å². The first-order valence-corrected chi connectivity index (χ1v) is 8.22. The van der Waals surface area contributed by atoms with E-state index in [1.54, 1.807) is 11.8 Å². The van der Waals surface area contributed by atoms with Gasteiger partial charge in [-0.05, 0) is 31.2 Å². The summed E-state index contributed by atoms with van der Waals surface area (Å²) in [5.74, 6) is 0.780. The highest BCUT2D eigenvalue weighted by molar-refractivity contribution is 7.99. The number of carbonyl (C=O) groups is 2. The number of benzene rings is 1. The summed E-state index contributed by atoms with van der Waals surface area (Å²) in [7, 11) is 0. The molecule has 20 heavy (non-hydrogen) atoms. The molecule has 1 aliphatic rings. The molecule has 4 nitrogen and oxygen atoms in total. The minimum Gasteiger partial charge on any atom is -0.342 e. The predicted molar refractivity (Wildman–Crippen MR) is 82.8 cm³/mol. The zero-order chi connectivity index (χ0) is 14.4. The van der Waals surface area contributed by atoms with Crippen molar-refractivity contribution in [3.8, 4) is 0 Å². The Bertz CT molecular complexity index is 456. The molecule has 2 amide bonds. The van der Waals surface area contributed by atoms with Crippen LogP contribution in [0.4, 0.5) is 5.69 Å². The maximum atomic E-state index is 12.2. The van der Waals surface area contributed by atoms with E-state index in [0.29, 0.717) is 18.8 Å². The third kappa shape index (κ3) is 4.00. The Kier molecular flexibility index (Phi) is 5.47. The lowest BCUT2D eigenvalue weighted by atomic mass is 9.96. The monoisotopic (exact) mass is 292 g/mol. The molecule has 5 heteroatoms. The number of hydrogen-bond acceptors (Lipinski definition) is 3. The number of thioether (sulfide) groups is 1. The fourth-order valence-corrected chi connectivity index (χ4v) is 2.80. The number of hydrogen-bond donors (Lipinski definition) is 1. The Morgan fingerprint density at radius 1 is 1.25 bits per heavy atom. The molecule has 1 saturated heterocycles.